The van der Waals surface area contributed by atoms with Crippen molar-refractivity contribution in [3.8, 4) is 0 Å². The van der Waals surface area contributed by atoms with Gasteiger partial charge in [0, 0.05) is 50.7 Å². The molecule has 0 N–H and O–H groups in total. The molecule has 2 aromatic rings. The SMILES string of the molecule is Fc1cccc(CN(CCCN2CCOCC2)Cc2cccnc2)c1F. The van der Waals surface area contributed by atoms with Crippen LogP contribution in [0.3, 0.4) is 0 Å². The molecule has 4 nitrogen and oxygen atoms in total. The van der Waals surface area contributed by atoms with E-state index in [2.05, 4.69) is 14.8 Å². The molecule has 1 aliphatic rings. The van der Waals surface area contributed by atoms with E-state index in [0.29, 0.717) is 18.7 Å². The van der Waals surface area contributed by atoms with E-state index >= 15 is 0 Å². The molecule has 0 bridgehead atoms. The molecule has 140 valence electrons. The second-order valence-corrected chi connectivity index (χ2v) is 6.59. The Morgan fingerprint density at radius 1 is 1.08 bits per heavy atom. The van der Waals surface area contributed by atoms with Gasteiger partial charge in [0.15, 0.2) is 11.6 Å². The Hall–Kier alpha value is -1.89. The monoisotopic (exact) mass is 361 g/mol. The van der Waals surface area contributed by atoms with Gasteiger partial charge in [-0.05, 0) is 30.7 Å². The summed E-state index contributed by atoms with van der Waals surface area (Å²) in [6.07, 6.45) is 4.52. The summed E-state index contributed by atoms with van der Waals surface area (Å²) >= 11 is 0. The average Bonchev–Trinajstić information content (AvgIpc) is 2.67. The molecule has 1 aromatic heterocycles. The van der Waals surface area contributed by atoms with Gasteiger partial charge >= 0.3 is 0 Å². The number of benzene rings is 1. The van der Waals surface area contributed by atoms with Gasteiger partial charge in [0.1, 0.15) is 0 Å². The second kappa shape index (κ2) is 9.71. The number of halogens is 2. The number of nitrogens with zero attached hydrogens (tertiary/aromatic N) is 3. The van der Waals surface area contributed by atoms with Gasteiger partial charge in [0.25, 0.3) is 0 Å². The lowest BCUT2D eigenvalue weighted by molar-refractivity contribution is 0.0358. The van der Waals surface area contributed by atoms with Crippen LogP contribution in [-0.4, -0.2) is 54.2 Å². The minimum Gasteiger partial charge on any atom is -0.379 e. The van der Waals surface area contributed by atoms with Crippen LogP contribution in [-0.2, 0) is 17.8 Å². The Morgan fingerprint density at radius 3 is 2.69 bits per heavy atom. The molecule has 0 saturated carbocycles. The Balaban J connectivity index is 1.61. The molecule has 3 rings (SSSR count). The van der Waals surface area contributed by atoms with Crippen molar-refractivity contribution in [2.75, 3.05) is 39.4 Å². The van der Waals surface area contributed by atoms with Crippen molar-refractivity contribution in [3.63, 3.8) is 0 Å². The quantitative estimate of drug-likeness (QED) is 0.722. The molecule has 0 spiro atoms. The topological polar surface area (TPSA) is 28.6 Å². The highest BCUT2D eigenvalue weighted by atomic mass is 19.2. The van der Waals surface area contributed by atoms with Gasteiger partial charge in [-0.1, -0.05) is 18.2 Å². The van der Waals surface area contributed by atoms with E-state index in [1.807, 2.05) is 18.3 Å². The molecule has 1 fully saturated rings. The van der Waals surface area contributed by atoms with Crippen molar-refractivity contribution in [2.24, 2.45) is 0 Å². The van der Waals surface area contributed by atoms with E-state index < -0.39 is 11.6 Å². The first-order valence-electron chi connectivity index (χ1n) is 9.06. The highest BCUT2D eigenvalue weighted by molar-refractivity contribution is 5.19. The third-order valence-corrected chi connectivity index (χ3v) is 4.61. The van der Waals surface area contributed by atoms with Gasteiger partial charge in [-0.15, -0.1) is 0 Å². The Labute approximate surface area is 153 Å². The predicted octanol–water partition coefficient (Wildman–Crippen LogP) is 3.08. The Morgan fingerprint density at radius 2 is 1.92 bits per heavy atom. The fraction of sp³-hybridized carbons (Fsp3) is 0.450. The van der Waals surface area contributed by atoms with Crippen LogP contribution in [0.1, 0.15) is 17.5 Å². The third-order valence-electron chi connectivity index (χ3n) is 4.61. The minimum absolute atomic E-state index is 0.377. The molecule has 0 amide bonds. The summed E-state index contributed by atoms with van der Waals surface area (Å²) in [5.41, 5.74) is 1.45. The van der Waals surface area contributed by atoms with Crippen LogP contribution >= 0.6 is 0 Å². The first-order chi connectivity index (χ1) is 12.7. The number of hydrogen-bond donors (Lipinski definition) is 0. The van der Waals surface area contributed by atoms with Crippen LogP contribution < -0.4 is 0 Å². The Bertz CT molecular complexity index is 678. The molecule has 1 aliphatic heterocycles. The maximum atomic E-state index is 14.1. The van der Waals surface area contributed by atoms with Crippen LogP contribution in [0.15, 0.2) is 42.7 Å². The molecule has 1 saturated heterocycles. The number of pyridine rings is 1. The van der Waals surface area contributed by atoms with E-state index in [1.165, 1.54) is 0 Å². The number of morpholine rings is 1. The smallest absolute Gasteiger partial charge is 0.163 e. The first kappa shape index (κ1) is 18.9. The molecule has 2 heterocycles. The van der Waals surface area contributed by atoms with Gasteiger partial charge in [-0.3, -0.25) is 14.8 Å². The second-order valence-electron chi connectivity index (χ2n) is 6.59. The highest BCUT2D eigenvalue weighted by Crippen LogP contribution is 2.16. The first-order valence-corrected chi connectivity index (χ1v) is 9.06. The van der Waals surface area contributed by atoms with Crippen LogP contribution in [0.5, 0.6) is 0 Å². The van der Waals surface area contributed by atoms with Crippen molar-refractivity contribution >= 4 is 0 Å². The molecule has 0 atom stereocenters. The highest BCUT2D eigenvalue weighted by Gasteiger charge is 2.15. The van der Waals surface area contributed by atoms with E-state index in [0.717, 1.165) is 57.4 Å². The maximum Gasteiger partial charge on any atom is 0.163 e. The zero-order valence-corrected chi connectivity index (χ0v) is 14.9. The lowest BCUT2D eigenvalue weighted by Gasteiger charge is -2.28. The van der Waals surface area contributed by atoms with Crippen molar-refractivity contribution in [3.05, 3.63) is 65.5 Å². The van der Waals surface area contributed by atoms with E-state index in [1.54, 1.807) is 18.3 Å². The molecule has 26 heavy (non-hydrogen) atoms. The number of aromatic nitrogens is 1. The largest absolute Gasteiger partial charge is 0.379 e. The summed E-state index contributed by atoms with van der Waals surface area (Å²) in [6.45, 7) is 6.32. The zero-order valence-electron chi connectivity index (χ0n) is 14.9. The standard InChI is InChI=1S/C20H25F2N3O/c21-19-6-1-5-18(20(19)22)16-25(15-17-4-2-7-23-14-17)9-3-8-24-10-12-26-13-11-24/h1-2,4-7,14H,3,8-13,15-16H2. The number of hydrogen-bond acceptors (Lipinski definition) is 4. The summed E-state index contributed by atoms with van der Waals surface area (Å²) in [6, 6.07) is 8.26. The summed E-state index contributed by atoms with van der Waals surface area (Å²) < 4.78 is 33.0. The zero-order chi connectivity index (χ0) is 18.2. The van der Waals surface area contributed by atoms with Crippen LogP contribution in [0.25, 0.3) is 0 Å². The normalized spacial score (nSPS) is 15.5. The van der Waals surface area contributed by atoms with Gasteiger partial charge in [0.2, 0.25) is 0 Å². The fourth-order valence-electron chi connectivity index (χ4n) is 3.22. The maximum absolute atomic E-state index is 14.1. The van der Waals surface area contributed by atoms with Crippen molar-refractivity contribution < 1.29 is 13.5 Å². The van der Waals surface area contributed by atoms with Crippen molar-refractivity contribution in [2.45, 2.75) is 19.5 Å². The Kier molecular flexibility index (Phi) is 7.05. The van der Waals surface area contributed by atoms with Gasteiger partial charge in [0.05, 0.1) is 13.2 Å². The van der Waals surface area contributed by atoms with Crippen LogP contribution in [0.2, 0.25) is 0 Å². The van der Waals surface area contributed by atoms with E-state index in [4.69, 9.17) is 4.74 Å². The molecule has 6 heteroatoms. The summed E-state index contributed by atoms with van der Waals surface area (Å²) in [4.78, 5) is 8.68. The summed E-state index contributed by atoms with van der Waals surface area (Å²) in [7, 11) is 0. The molecule has 1 aromatic carbocycles. The molecule has 0 aliphatic carbocycles. The number of rotatable bonds is 8. The molecule has 0 unspecified atom stereocenters. The van der Waals surface area contributed by atoms with Gasteiger partial charge < -0.3 is 4.74 Å². The van der Waals surface area contributed by atoms with Gasteiger partial charge in [-0.2, -0.15) is 0 Å². The van der Waals surface area contributed by atoms with Crippen LogP contribution in [0.4, 0.5) is 8.78 Å². The van der Waals surface area contributed by atoms with Crippen molar-refractivity contribution in [1.82, 2.24) is 14.8 Å². The number of ether oxygens (including phenoxy) is 1. The lowest BCUT2D eigenvalue weighted by atomic mass is 10.1. The molecule has 0 radical (unpaired) electrons. The fourth-order valence-corrected chi connectivity index (χ4v) is 3.22. The molecular formula is C20H25F2N3O. The van der Waals surface area contributed by atoms with E-state index in [-0.39, 0.29) is 0 Å². The lowest BCUT2D eigenvalue weighted by Crippen LogP contribution is -2.38. The molecular weight excluding hydrogens is 336 g/mol. The van der Waals surface area contributed by atoms with Crippen LogP contribution in [0, 0.1) is 11.6 Å². The minimum atomic E-state index is -0.794. The summed E-state index contributed by atoms with van der Waals surface area (Å²) in [5, 5.41) is 0. The van der Waals surface area contributed by atoms with Crippen molar-refractivity contribution in [1.29, 1.82) is 0 Å². The van der Waals surface area contributed by atoms with Gasteiger partial charge in [-0.25, -0.2) is 8.78 Å². The summed E-state index contributed by atoms with van der Waals surface area (Å²) in [5.74, 6) is -1.55. The average molecular weight is 361 g/mol. The van der Waals surface area contributed by atoms with E-state index in [9.17, 15) is 8.78 Å². The third kappa shape index (κ3) is 5.56. The predicted molar refractivity (Wildman–Crippen MR) is 96.6 cm³/mol.